The molecule has 66 valence electrons. The third-order valence-electron chi connectivity index (χ3n) is 1.46. The van der Waals surface area contributed by atoms with Crippen molar-refractivity contribution in [1.82, 2.24) is 5.32 Å². The van der Waals surface area contributed by atoms with E-state index in [-0.39, 0.29) is 24.5 Å². The van der Waals surface area contributed by atoms with Crippen molar-refractivity contribution in [2.24, 2.45) is 11.7 Å². The van der Waals surface area contributed by atoms with Gasteiger partial charge in [0.05, 0.1) is 6.61 Å². The van der Waals surface area contributed by atoms with Crippen molar-refractivity contribution < 1.29 is 9.90 Å². The smallest absolute Gasteiger partial charge is 0.224 e. The molecule has 0 aliphatic carbocycles. The molecule has 0 aliphatic heterocycles. The summed E-state index contributed by atoms with van der Waals surface area (Å²) < 4.78 is 0. The molecule has 4 N–H and O–H groups in total. The van der Waals surface area contributed by atoms with Crippen molar-refractivity contribution in [2.75, 3.05) is 13.2 Å². The minimum absolute atomic E-state index is 0.0387. The van der Waals surface area contributed by atoms with E-state index in [9.17, 15) is 4.79 Å². The fourth-order valence-corrected chi connectivity index (χ4v) is 0.538. The number of aliphatic hydroxyl groups is 1. The molecule has 0 rings (SSSR count). The molecule has 0 fully saturated rings. The number of aliphatic hydroxyl groups excluding tert-OH is 1. The SMILES string of the molecule is CC(CN)C(=O)N[C@@H](C)CO. The van der Waals surface area contributed by atoms with Crippen LogP contribution in [0, 0.1) is 5.92 Å². The highest BCUT2D eigenvalue weighted by molar-refractivity contribution is 5.78. The molecule has 0 bridgehead atoms. The van der Waals surface area contributed by atoms with E-state index in [4.69, 9.17) is 10.8 Å². The van der Waals surface area contributed by atoms with E-state index in [0.29, 0.717) is 6.54 Å². The van der Waals surface area contributed by atoms with Crippen molar-refractivity contribution in [2.45, 2.75) is 19.9 Å². The van der Waals surface area contributed by atoms with Crippen LogP contribution >= 0.6 is 0 Å². The number of carbonyl (C=O) groups is 1. The lowest BCUT2D eigenvalue weighted by atomic mass is 10.1. The maximum Gasteiger partial charge on any atom is 0.224 e. The summed E-state index contributed by atoms with van der Waals surface area (Å²) in [6.45, 7) is 3.79. The summed E-state index contributed by atoms with van der Waals surface area (Å²) in [5.74, 6) is -0.280. The number of rotatable bonds is 4. The van der Waals surface area contributed by atoms with Gasteiger partial charge in [-0.3, -0.25) is 4.79 Å². The summed E-state index contributed by atoms with van der Waals surface area (Å²) in [6.07, 6.45) is 0. The van der Waals surface area contributed by atoms with Crippen molar-refractivity contribution in [3.05, 3.63) is 0 Å². The number of carbonyl (C=O) groups excluding carboxylic acids is 1. The number of nitrogens with one attached hydrogen (secondary N) is 1. The zero-order valence-corrected chi connectivity index (χ0v) is 7.00. The minimum Gasteiger partial charge on any atom is -0.394 e. The number of hydrogen-bond acceptors (Lipinski definition) is 3. The Hall–Kier alpha value is -0.610. The van der Waals surface area contributed by atoms with Gasteiger partial charge >= 0.3 is 0 Å². The molecule has 0 radical (unpaired) electrons. The van der Waals surface area contributed by atoms with Gasteiger partial charge in [-0.25, -0.2) is 0 Å². The van der Waals surface area contributed by atoms with Gasteiger partial charge in [-0.1, -0.05) is 6.92 Å². The first-order chi connectivity index (χ1) is 5.11. The summed E-state index contributed by atoms with van der Waals surface area (Å²) in [6, 6.07) is -0.184. The molecule has 0 heterocycles. The molecule has 1 unspecified atom stereocenters. The van der Waals surface area contributed by atoms with Crippen LogP contribution in [0.2, 0.25) is 0 Å². The van der Waals surface area contributed by atoms with Crippen molar-refractivity contribution >= 4 is 5.91 Å². The first kappa shape index (κ1) is 10.4. The third-order valence-corrected chi connectivity index (χ3v) is 1.46. The van der Waals surface area contributed by atoms with Gasteiger partial charge < -0.3 is 16.2 Å². The molecule has 0 aromatic rings. The normalized spacial score (nSPS) is 15.6. The molecule has 11 heavy (non-hydrogen) atoms. The molecule has 0 saturated carbocycles. The van der Waals surface area contributed by atoms with Crippen molar-refractivity contribution in [3.63, 3.8) is 0 Å². The second-order valence-corrected chi connectivity index (χ2v) is 2.73. The van der Waals surface area contributed by atoms with Crippen LogP contribution in [-0.4, -0.2) is 30.2 Å². The van der Waals surface area contributed by atoms with Crippen LogP contribution in [0.15, 0.2) is 0 Å². The Morgan fingerprint density at radius 3 is 2.55 bits per heavy atom. The summed E-state index contributed by atoms with van der Waals surface area (Å²) in [4.78, 5) is 11.0. The minimum atomic E-state index is -0.184. The van der Waals surface area contributed by atoms with E-state index >= 15 is 0 Å². The zero-order valence-electron chi connectivity index (χ0n) is 7.00. The van der Waals surface area contributed by atoms with Gasteiger partial charge in [0.1, 0.15) is 0 Å². The van der Waals surface area contributed by atoms with Gasteiger partial charge in [0.25, 0.3) is 0 Å². The summed E-state index contributed by atoms with van der Waals surface area (Å²) in [5, 5.41) is 11.2. The van der Waals surface area contributed by atoms with Gasteiger partial charge in [0.15, 0.2) is 0 Å². The lowest BCUT2D eigenvalue weighted by molar-refractivity contribution is -0.125. The molecule has 0 aliphatic rings. The maximum absolute atomic E-state index is 11.0. The first-order valence-corrected chi connectivity index (χ1v) is 3.73. The van der Waals surface area contributed by atoms with Crippen LogP contribution < -0.4 is 11.1 Å². The molecular weight excluding hydrogens is 144 g/mol. The molecule has 0 aromatic carbocycles. The van der Waals surface area contributed by atoms with Crippen molar-refractivity contribution in [3.8, 4) is 0 Å². The Morgan fingerprint density at radius 1 is 1.64 bits per heavy atom. The Bertz CT molecular complexity index is 128. The predicted molar refractivity (Wildman–Crippen MR) is 42.9 cm³/mol. The van der Waals surface area contributed by atoms with Gasteiger partial charge in [-0.2, -0.15) is 0 Å². The van der Waals surface area contributed by atoms with E-state index in [1.54, 1.807) is 13.8 Å². The molecule has 0 spiro atoms. The fraction of sp³-hybridized carbons (Fsp3) is 0.857. The second-order valence-electron chi connectivity index (χ2n) is 2.73. The van der Waals surface area contributed by atoms with Crippen LogP contribution in [0.4, 0.5) is 0 Å². The van der Waals surface area contributed by atoms with Crippen LogP contribution in [0.25, 0.3) is 0 Å². The second kappa shape index (κ2) is 5.09. The molecule has 0 aromatic heterocycles. The van der Waals surface area contributed by atoms with E-state index in [1.165, 1.54) is 0 Å². The highest BCUT2D eigenvalue weighted by Gasteiger charge is 2.12. The quantitative estimate of drug-likeness (QED) is 0.498. The third kappa shape index (κ3) is 3.95. The molecule has 1 amide bonds. The predicted octanol–water partition coefficient (Wildman–Crippen LogP) is -0.922. The monoisotopic (exact) mass is 160 g/mol. The van der Waals surface area contributed by atoms with E-state index in [2.05, 4.69) is 5.32 Å². The van der Waals surface area contributed by atoms with Gasteiger partial charge in [0, 0.05) is 18.5 Å². The van der Waals surface area contributed by atoms with Gasteiger partial charge in [0.2, 0.25) is 5.91 Å². The van der Waals surface area contributed by atoms with Crippen LogP contribution in [0.1, 0.15) is 13.8 Å². The number of amides is 1. The van der Waals surface area contributed by atoms with Crippen LogP contribution in [0.5, 0.6) is 0 Å². The largest absolute Gasteiger partial charge is 0.394 e. The highest BCUT2D eigenvalue weighted by atomic mass is 16.3. The first-order valence-electron chi connectivity index (χ1n) is 3.73. The average molecular weight is 160 g/mol. The molecular formula is C7H16N2O2. The van der Waals surface area contributed by atoms with Gasteiger partial charge in [-0.05, 0) is 6.92 Å². The molecule has 0 saturated heterocycles. The number of hydrogen-bond donors (Lipinski definition) is 3. The Kier molecular flexibility index (Phi) is 4.81. The lowest BCUT2D eigenvalue weighted by Gasteiger charge is -2.13. The van der Waals surface area contributed by atoms with E-state index in [0.717, 1.165) is 0 Å². The van der Waals surface area contributed by atoms with Crippen LogP contribution in [0.3, 0.4) is 0 Å². The van der Waals surface area contributed by atoms with E-state index in [1.807, 2.05) is 0 Å². The highest BCUT2D eigenvalue weighted by Crippen LogP contribution is 1.91. The topological polar surface area (TPSA) is 75.4 Å². The zero-order chi connectivity index (χ0) is 8.85. The van der Waals surface area contributed by atoms with Crippen LogP contribution in [-0.2, 0) is 4.79 Å². The fourth-order valence-electron chi connectivity index (χ4n) is 0.538. The maximum atomic E-state index is 11.0. The Morgan fingerprint density at radius 2 is 2.18 bits per heavy atom. The molecule has 2 atom stereocenters. The summed E-state index contributed by atoms with van der Waals surface area (Å²) in [5.41, 5.74) is 5.27. The summed E-state index contributed by atoms with van der Waals surface area (Å²) in [7, 11) is 0. The summed E-state index contributed by atoms with van der Waals surface area (Å²) >= 11 is 0. The molecule has 4 heteroatoms. The van der Waals surface area contributed by atoms with Gasteiger partial charge in [-0.15, -0.1) is 0 Å². The Balaban J connectivity index is 3.68. The standard InChI is InChI=1S/C7H16N2O2/c1-5(3-8)7(11)9-6(2)4-10/h5-6,10H,3-4,8H2,1-2H3,(H,9,11)/t5?,6-/m0/s1. The lowest BCUT2D eigenvalue weighted by Crippen LogP contribution is -2.40. The average Bonchev–Trinajstić information content (AvgIpc) is 2.02. The Labute approximate surface area is 66.8 Å². The van der Waals surface area contributed by atoms with E-state index < -0.39 is 0 Å². The number of nitrogens with two attached hydrogens (primary N) is 1. The molecule has 4 nitrogen and oxygen atoms in total. The van der Waals surface area contributed by atoms with Crippen molar-refractivity contribution in [1.29, 1.82) is 0 Å².